The summed E-state index contributed by atoms with van der Waals surface area (Å²) in [5.41, 5.74) is 2.63. The van der Waals surface area contributed by atoms with Crippen LogP contribution in [0.1, 0.15) is 22.8 Å². The quantitative estimate of drug-likeness (QED) is 0.279. The van der Waals surface area contributed by atoms with Crippen molar-refractivity contribution in [1.29, 1.82) is 0 Å². The Morgan fingerprint density at radius 2 is 2.00 bits per heavy atom. The molecule has 2 aromatic carbocycles. The van der Waals surface area contributed by atoms with Crippen molar-refractivity contribution in [3.05, 3.63) is 66.2 Å². The SMILES string of the molecule is C=CCn1c(S[C@@H](C)C(=O)c2ccc(OC)cc2OC)nnc1-c1cccc(C)c1. The molecule has 0 spiro atoms. The highest BCUT2D eigenvalue weighted by Gasteiger charge is 2.24. The van der Waals surface area contributed by atoms with Crippen LogP contribution in [0.2, 0.25) is 0 Å². The minimum Gasteiger partial charge on any atom is -0.497 e. The first-order valence-electron chi connectivity index (χ1n) is 9.52. The summed E-state index contributed by atoms with van der Waals surface area (Å²) in [7, 11) is 3.12. The first-order valence-corrected chi connectivity index (χ1v) is 10.4. The molecule has 1 atom stereocenters. The molecule has 6 nitrogen and oxygen atoms in total. The van der Waals surface area contributed by atoms with Crippen molar-refractivity contribution >= 4 is 17.5 Å². The third-order valence-electron chi connectivity index (χ3n) is 4.63. The number of hydrogen-bond acceptors (Lipinski definition) is 6. The Morgan fingerprint density at radius 3 is 2.67 bits per heavy atom. The lowest BCUT2D eigenvalue weighted by molar-refractivity contribution is 0.0991. The van der Waals surface area contributed by atoms with Crippen LogP contribution in [-0.4, -0.2) is 40.0 Å². The molecule has 0 aliphatic heterocycles. The van der Waals surface area contributed by atoms with E-state index in [9.17, 15) is 4.79 Å². The molecule has 0 saturated heterocycles. The first kappa shape index (κ1) is 21.6. The molecule has 0 amide bonds. The summed E-state index contributed by atoms with van der Waals surface area (Å²) in [5, 5.41) is 9.01. The molecule has 0 unspecified atom stereocenters. The number of thioether (sulfide) groups is 1. The molecule has 3 aromatic rings. The fraction of sp³-hybridized carbons (Fsp3) is 0.261. The van der Waals surface area contributed by atoms with Gasteiger partial charge in [-0.05, 0) is 32.0 Å². The van der Waals surface area contributed by atoms with Crippen LogP contribution in [0.3, 0.4) is 0 Å². The Balaban J connectivity index is 1.89. The molecule has 0 fully saturated rings. The Labute approximate surface area is 180 Å². The largest absolute Gasteiger partial charge is 0.497 e. The Hall–Kier alpha value is -3.06. The third-order valence-corrected chi connectivity index (χ3v) is 5.71. The van der Waals surface area contributed by atoms with Crippen LogP contribution in [0.25, 0.3) is 11.4 Å². The van der Waals surface area contributed by atoms with Gasteiger partial charge in [-0.1, -0.05) is 41.6 Å². The molecule has 156 valence electrons. The zero-order valence-electron chi connectivity index (χ0n) is 17.6. The number of allylic oxidation sites excluding steroid dienone is 1. The summed E-state index contributed by atoms with van der Waals surface area (Å²) < 4.78 is 12.6. The lowest BCUT2D eigenvalue weighted by Crippen LogP contribution is -2.16. The van der Waals surface area contributed by atoms with Gasteiger partial charge in [0.05, 0.1) is 25.0 Å². The summed E-state index contributed by atoms with van der Waals surface area (Å²) >= 11 is 1.37. The predicted molar refractivity (Wildman–Crippen MR) is 120 cm³/mol. The Bertz CT molecular complexity index is 1060. The summed E-state index contributed by atoms with van der Waals surface area (Å²) in [6.45, 7) is 8.29. The summed E-state index contributed by atoms with van der Waals surface area (Å²) in [6, 6.07) is 13.3. The molecule has 0 saturated carbocycles. The smallest absolute Gasteiger partial charge is 0.192 e. The second-order valence-corrected chi connectivity index (χ2v) is 8.07. The summed E-state index contributed by atoms with van der Waals surface area (Å²) in [5.74, 6) is 1.82. The predicted octanol–water partition coefficient (Wildman–Crippen LogP) is 4.82. The van der Waals surface area contributed by atoms with Crippen LogP contribution in [0.4, 0.5) is 0 Å². The van der Waals surface area contributed by atoms with Crippen molar-refractivity contribution in [2.24, 2.45) is 0 Å². The van der Waals surface area contributed by atoms with Crippen molar-refractivity contribution in [3.63, 3.8) is 0 Å². The number of ketones is 1. The minimum absolute atomic E-state index is 0.0511. The maximum atomic E-state index is 13.1. The van der Waals surface area contributed by atoms with E-state index in [4.69, 9.17) is 9.47 Å². The number of carbonyl (C=O) groups is 1. The van der Waals surface area contributed by atoms with E-state index in [0.717, 1.165) is 17.0 Å². The first-order chi connectivity index (χ1) is 14.5. The van der Waals surface area contributed by atoms with Crippen molar-refractivity contribution in [3.8, 4) is 22.9 Å². The van der Waals surface area contributed by atoms with Gasteiger partial charge >= 0.3 is 0 Å². The number of benzene rings is 2. The van der Waals surface area contributed by atoms with E-state index in [1.807, 2.05) is 36.6 Å². The topological polar surface area (TPSA) is 66.2 Å². The van der Waals surface area contributed by atoms with E-state index in [2.05, 4.69) is 22.8 Å². The van der Waals surface area contributed by atoms with Crippen LogP contribution < -0.4 is 9.47 Å². The fourth-order valence-electron chi connectivity index (χ4n) is 3.10. The average molecular weight is 424 g/mol. The third kappa shape index (κ3) is 4.57. The van der Waals surface area contributed by atoms with Gasteiger partial charge in [-0.15, -0.1) is 16.8 Å². The van der Waals surface area contributed by atoms with Crippen molar-refractivity contribution in [2.45, 2.75) is 30.8 Å². The number of nitrogens with zero attached hydrogens (tertiary/aromatic N) is 3. The maximum absolute atomic E-state index is 13.1. The minimum atomic E-state index is -0.384. The molecule has 1 aromatic heterocycles. The number of ether oxygens (including phenoxy) is 2. The molecule has 30 heavy (non-hydrogen) atoms. The van der Waals surface area contributed by atoms with Gasteiger partial charge in [-0.25, -0.2) is 0 Å². The zero-order chi connectivity index (χ0) is 21.7. The molecule has 1 heterocycles. The van der Waals surface area contributed by atoms with Gasteiger partial charge in [0, 0.05) is 18.2 Å². The van der Waals surface area contributed by atoms with E-state index >= 15 is 0 Å². The highest BCUT2D eigenvalue weighted by atomic mass is 32.2. The van der Waals surface area contributed by atoms with Crippen LogP contribution in [0.5, 0.6) is 11.5 Å². The number of methoxy groups -OCH3 is 2. The van der Waals surface area contributed by atoms with Crippen LogP contribution in [0.15, 0.2) is 60.3 Å². The second-order valence-electron chi connectivity index (χ2n) is 6.77. The molecule has 0 aliphatic carbocycles. The van der Waals surface area contributed by atoms with Gasteiger partial charge in [0.25, 0.3) is 0 Å². The molecule has 7 heteroatoms. The van der Waals surface area contributed by atoms with Gasteiger partial charge in [0.1, 0.15) is 11.5 Å². The van der Waals surface area contributed by atoms with Gasteiger partial charge in [-0.3, -0.25) is 9.36 Å². The van der Waals surface area contributed by atoms with Crippen molar-refractivity contribution < 1.29 is 14.3 Å². The molecule has 3 rings (SSSR count). The van der Waals surface area contributed by atoms with Crippen LogP contribution >= 0.6 is 11.8 Å². The van der Waals surface area contributed by atoms with Crippen LogP contribution in [-0.2, 0) is 6.54 Å². The number of rotatable bonds is 9. The van der Waals surface area contributed by atoms with Gasteiger partial charge in [-0.2, -0.15) is 0 Å². The lowest BCUT2D eigenvalue weighted by Gasteiger charge is -2.14. The van der Waals surface area contributed by atoms with E-state index in [1.165, 1.54) is 18.9 Å². The fourth-order valence-corrected chi connectivity index (χ4v) is 4.03. The number of aryl methyl sites for hydroxylation is 1. The second kappa shape index (κ2) is 9.63. The van der Waals surface area contributed by atoms with Gasteiger partial charge in [0.15, 0.2) is 16.8 Å². The molecule has 0 radical (unpaired) electrons. The Kier molecular flexibility index (Phi) is 6.95. The van der Waals surface area contributed by atoms with Crippen molar-refractivity contribution in [2.75, 3.05) is 14.2 Å². The van der Waals surface area contributed by atoms with Gasteiger partial charge in [0.2, 0.25) is 0 Å². The summed E-state index contributed by atoms with van der Waals surface area (Å²) in [4.78, 5) is 13.1. The summed E-state index contributed by atoms with van der Waals surface area (Å²) in [6.07, 6.45) is 1.80. The molecule has 0 aliphatic rings. The van der Waals surface area contributed by atoms with E-state index in [0.29, 0.717) is 28.8 Å². The van der Waals surface area contributed by atoms with E-state index < -0.39 is 0 Å². The van der Waals surface area contributed by atoms with E-state index in [-0.39, 0.29) is 11.0 Å². The molecular formula is C23H25N3O3S. The van der Waals surface area contributed by atoms with Crippen molar-refractivity contribution in [1.82, 2.24) is 14.8 Å². The number of Topliss-reactive ketones (excluding diaryl/α,β-unsaturated/α-hetero) is 1. The zero-order valence-corrected chi connectivity index (χ0v) is 18.4. The number of hydrogen-bond donors (Lipinski definition) is 0. The lowest BCUT2D eigenvalue weighted by atomic mass is 10.1. The molecule has 0 N–H and O–H groups in total. The molecule has 0 bridgehead atoms. The maximum Gasteiger partial charge on any atom is 0.192 e. The van der Waals surface area contributed by atoms with Crippen LogP contribution in [0, 0.1) is 6.92 Å². The van der Waals surface area contributed by atoms with Gasteiger partial charge < -0.3 is 9.47 Å². The highest BCUT2D eigenvalue weighted by Crippen LogP contribution is 2.32. The normalized spacial score (nSPS) is 11.7. The highest BCUT2D eigenvalue weighted by molar-refractivity contribution is 8.00. The monoisotopic (exact) mass is 423 g/mol. The van der Waals surface area contributed by atoms with E-state index in [1.54, 1.807) is 31.4 Å². The Morgan fingerprint density at radius 1 is 1.20 bits per heavy atom. The standard InChI is InChI=1S/C23H25N3O3S/c1-6-12-26-22(17-9-7-8-15(2)13-17)24-25-23(26)30-16(3)21(27)19-11-10-18(28-4)14-20(19)29-5/h6-11,13-14,16H,1,12H2,2-5H3/t16-/m0/s1. The molecular weight excluding hydrogens is 398 g/mol. The average Bonchev–Trinajstić information content (AvgIpc) is 3.15. The number of carbonyl (C=O) groups excluding carboxylic acids is 1. The number of aromatic nitrogens is 3.